The molecule has 0 aromatic heterocycles. The van der Waals surface area contributed by atoms with E-state index < -0.39 is 10.0 Å². The number of hydrogen-bond donors (Lipinski definition) is 1. The molecule has 0 aliphatic carbocycles. The summed E-state index contributed by atoms with van der Waals surface area (Å²) in [6.07, 6.45) is 0. The SMILES string of the molecule is Cc1cc(OCCOCCS(N)(=O)=O)ccc1C(C)C. The molecule has 1 aromatic carbocycles. The van der Waals surface area contributed by atoms with Crippen LogP contribution in [0.4, 0.5) is 0 Å². The van der Waals surface area contributed by atoms with Crippen molar-refractivity contribution in [1.29, 1.82) is 0 Å². The Kier molecular flexibility index (Phi) is 6.45. The van der Waals surface area contributed by atoms with Crippen molar-refractivity contribution in [3.63, 3.8) is 0 Å². The highest BCUT2D eigenvalue weighted by atomic mass is 32.2. The van der Waals surface area contributed by atoms with Crippen molar-refractivity contribution >= 4 is 10.0 Å². The number of aryl methyl sites for hydroxylation is 1. The van der Waals surface area contributed by atoms with Gasteiger partial charge in [0.2, 0.25) is 10.0 Å². The third-order valence-electron chi connectivity index (χ3n) is 2.87. The standard InChI is InChI=1S/C14H23NO4S/c1-11(2)14-5-4-13(10-12(14)3)19-7-6-18-8-9-20(15,16)17/h4-5,10-11H,6-9H2,1-3H3,(H2,15,16,17). The second kappa shape index (κ2) is 7.61. The molecule has 114 valence electrons. The van der Waals surface area contributed by atoms with Crippen LogP contribution in [-0.4, -0.2) is 34.0 Å². The molecule has 0 atom stereocenters. The fourth-order valence-corrected chi connectivity index (χ4v) is 2.23. The maximum Gasteiger partial charge on any atom is 0.211 e. The minimum atomic E-state index is -3.45. The van der Waals surface area contributed by atoms with Crippen LogP contribution in [0.15, 0.2) is 18.2 Å². The Balaban J connectivity index is 2.31. The average Bonchev–Trinajstić information content (AvgIpc) is 2.32. The Hall–Kier alpha value is -1.11. The molecule has 0 amide bonds. The summed E-state index contributed by atoms with van der Waals surface area (Å²) in [6.45, 7) is 7.17. The number of nitrogens with two attached hydrogens (primary N) is 1. The Bertz CT molecular complexity index is 526. The minimum absolute atomic E-state index is 0.0908. The normalized spacial score (nSPS) is 11.8. The van der Waals surface area contributed by atoms with Crippen LogP contribution in [0.25, 0.3) is 0 Å². The molecule has 0 fully saturated rings. The Morgan fingerprint density at radius 2 is 1.90 bits per heavy atom. The van der Waals surface area contributed by atoms with Crippen LogP contribution in [0.3, 0.4) is 0 Å². The Labute approximate surface area is 121 Å². The van der Waals surface area contributed by atoms with Crippen LogP contribution in [-0.2, 0) is 14.8 Å². The van der Waals surface area contributed by atoms with Crippen LogP contribution in [0.2, 0.25) is 0 Å². The van der Waals surface area contributed by atoms with Crippen LogP contribution in [0.1, 0.15) is 30.9 Å². The minimum Gasteiger partial charge on any atom is -0.491 e. The van der Waals surface area contributed by atoms with Gasteiger partial charge in [-0.3, -0.25) is 0 Å². The first-order chi connectivity index (χ1) is 9.29. The molecule has 0 saturated carbocycles. The predicted molar refractivity (Wildman–Crippen MR) is 79.6 cm³/mol. The van der Waals surface area contributed by atoms with Crippen molar-refractivity contribution in [3.8, 4) is 5.75 Å². The molecule has 1 aromatic rings. The van der Waals surface area contributed by atoms with E-state index in [0.717, 1.165) is 5.75 Å². The lowest BCUT2D eigenvalue weighted by atomic mass is 9.98. The van der Waals surface area contributed by atoms with Crippen LogP contribution >= 0.6 is 0 Å². The molecule has 6 heteroatoms. The summed E-state index contributed by atoms with van der Waals surface area (Å²) >= 11 is 0. The highest BCUT2D eigenvalue weighted by molar-refractivity contribution is 7.89. The monoisotopic (exact) mass is 301 g/mol. The van der Waals surface area contributed by atoms with E-state index in [1.54, 1.807) is 0 Å². The van der Waals surface area contributed by atoms with Gasteiger partial charge in [-0.1, -0.05) is 19.9 Å². The number of rotatable bonds is 8. The summed E-state index contributed by atoms with van der Waals surface area (Å²) < 4.78 is 32.0. The molecule has 0 saturated heterocycles. The van der Waals surface area contributed by atoms with E-state index in [1.165, 1.54) is 11.1 Å². The van der Waals surface area contributed by atoms with Crippen molar-refractivity contribution in [2.24, 2.45) is 5.14 Å². The zero-order valence-corrected chi connectivity index (χ0v) is 13.1. The summed E-state index contributed by atoms with van der Waals surface area (Å²) in [6, 6.07) is 6.00. The summed E-state index contributed by atoms with van der Waals surface area (Å²) in [5.74, 6) is 1.11. The third-order valence-corrected chi connectivity index (χ3v) is 3.61. The van der Waals surface area contributed by atoms with Crippen molar-refractivity contribution in [1.82, 2.24) is 0 Å². The van der Waals surface area contributed by atoms with Gasteiger partial charge in [-0.15, -0.1) is 0 Å². The maximum absolute atomic E-state index is 10.7. The van der Waals surface area contributed by atoms with E-state index in [0.29, 0.717) is 19.1 Å². The van der Waals surface area contributed by atoms with Crippen molar-refractivity contribution in [2.75, 3.05) is 25.6 Å². The van der Waals surface area contributed by atoms with Crippen LogP contribution < -0.4 is 9.88 Å². The maximum atomic E-state index is 10.7. The predicted octanol–water partition coefficient (Wildman–Crippen LogP) is 1.80. The third kappa shape index (κ3) is 6.36. The van der Waals surface area contributed by atoms with E-state index in [2.05, 4.69) is 26.8 Å². The number of primary sulfonamides is 1. The van der Waals surface area contributed by atoms with Crippen LogP contribution in [0.5, 0.6) is 5.75 Å². The Morgan fingerprint density at radius 3 is 2.45 bits per heavy atom. The van der Waals surface area contributed by atoms with Crippen molar-refractivity contribution in [3.05, 3.63) is 29.3 Å². The zero-order valence-electron chi connectivity index (χ0n) is 12.3. The Morgan fingerprint density at radius 1 is 1.20 bits per heavy atom. The lowest BCUT2D eigenvalue weighted by molar-refractivity contribution is 0.111. The highest BCUT2D eigenvalue weighted by Gasteiger charge is 2.05. The molecule has 0 radical (unpaired) electrons. The van der Waals surface area contributed by atoms with Gasteiger partial charge < -0.3 is 9.47 Å². The largest absolute Gasteiger partial charge is 0.491 e. The van der Waals surface area contributed by atoms with Gasteiger partial charge >= 0.3 is 0 Å². The van der Waals surface area contributed by atoms with E-state index >= 15 is 0 Å². The van der Waals surface area contributed by atoms with E-state index in [9.17, 15) is 8.42 Å². The molecule has 0 spiro atoms. The lowest BCUT2D eigenvalue weighted by Crippen LogP contribution is -2.21. The number of hydrogen-bond acceptors (Lipinski definition) is 4. The van der Waals surface area contributed by atoms with Crippen molar-refractivity contribution in [2.45, 2.75) is 26.7 Å². The second-order valence-electron chi connectivity index (χ2n) is 5.00. The molecule has 0 aliphatic rings. The molecule has 5 nitrogen and oxygen atoms in total. The molecule has 0 aliphatic heterocycles. The molecule has 0 heterocycles. The first-order valence-corrected chi connectivity index (χ1v) is 8.32. The van der Waals surface area contributed by atoms with E-state index in [1.807, 2.05) is 12.1 Å². The summed E-state index contributed by atoms with van der Waals surface area (Å²) in [4.78, 5) is 0. The van der Waals surface area contributed by atoms with Crippen LogP contribution in [0, 0.1) is 6.92 Å². The molecular formula is C14H23NO4S. The first-order valence-electron chi connectivity index (χ1n) is 6.61. The molecule has 0 unspecified atom stereocenters. The molecule has 1 rings (SSSR count). The van der Waals surface area contributed by atoms with Gasteiger partial charge in [0.25, 0.3) is 0 Å². The first kappa shape index (κ1) is 16.9. The van der Waals surface area contributed by atoms with Gasteiger partial charge in [-0.05, 0) is 36.1 Å². The van der Waals surface area contributed by atoms with Gasteiger partial charge in [0.15, 0.2) is 0 Å². The van der Waals surface area contributed by atoms with Gasteiger partial charge in [0, 0.05) is 0 Å². The summed E-state index contributed by atoms with van der Waals surface area (Å²) in [5.41, 5.74) is 2.51. The van der Waals surface area contributed by atoms with E-state index in [-0.39, 0.29) is 12.4 Å². The topological polar surface area (TPSA) is 78.6 Å². The van der Waals surface area contributed by atoms with Gasteiger partial charge in [-0.25, -0.2) is 13.6 Å². The molecule has 20 heavy (non-hydrogen) atoms. The zero-order chi connectivity index (χ0) is 15.2. The van der Waals surface area contributed by atoms with Crippen molar-refractivity contribution < 1.29 is 17.9 Å². The summed E-state index contributed by atoms with van der Waals surface area (Å²) in [5, 5.41) is 4.86. The number of ether oxygens (including phenoxy) is 2. The number of sulfonamides is 1. The summed E-state index contributed by atoms with van der Waals surface area (Å²) in [7, 11) is -3.45. The number of benzene rings is 1. The van der Waals surface area contributed by atoms with Gasteiger partial charge in [-0.2, -0.15) is 0 Å². The van der Waals surface area contributed by atoms with Gasteiger partial charge in [0.1, 0.15) is 12.4 Å². The fraction of sp³-hybridized carbons (Fsp3) is 0.571. The smallest absolute Gasteiger partial charge is 0.211 e. The quantitative estimate of drug-likeness (QED) is 0.743. The molecular weight excluding hydrogens is 278 g/mol. The second-order valence-corrected chi connectivity index (χ2v) is 6.73. The average molecular weight is 301 g/mol. The van der Waals surface area contributed by atoms with E-state index in [4.69, 9.17) is 14.6 Å². The molecule has 2 N–H and O–H groups in total. The lowest BCUT2D eigenvalue weighted by Gasteiger charge is -2.12. The molecule has 0 bridgehead atoms. The highest BCUT2D eigenvalue weighted by Crippen LogP contribution is 2.23. The van der Waals surface area contributed by atoms with Gasteiger partial charge in [0.05, 0.1) is 19.0 Å². The fourth-order valence-electron chi connectivity index (χ4n) is 1.88.